The van der Waals surface area contributed by atoms with E-state index in [1.165, 1.54) is 17.3 Å². The molecule has 128 valence electrons. The Labute approximate surface area is 154 Å². The maximum Gasteiger partial charge on any atom is 0.209 e. The Morgan fingerprint density at radius 1 is 1.08 bits per heavy atom. The standard InChI is InChI=1S/C17H17N5OS2/c1-2-4-13(5-3-1)12-14-18-7-6-15(19-14)24-17-21-20-16(25-17)22-8-10-23-11-9-22/h1-7H,8-12H2. The molecule has 3 aromatic rings. The fourth-order valence-electron chi connectivity index (χ4n) is 2.52. The van der Waals surface area contributed by atoms with Crippen molar-refractivity contribution in [2.75, 3.05) is 31.2 Å². The Hall–Kier alpha value is -2.03. The van der Waals surface area contributed by atoms with Gasteiger partial charge in [0.15, 0.2) is 4.34 Å². The van der Waals surface area contributed by atoms with Crippen LogP contribution in [0.1, 0.15) is 11.4 Å². The number of hydrogen-bond acceptors (Lipinski definition) is 8. The van der Waals surface area contributed by atoms with Crippen LogP contribution >= 0.6 is 23.1 Å². The van der Waals surface area contributed by atoms with E-state index >= 15 is 0 Å². The van der Waals surface area contributed by atoms with E-state index in [4.69, 9.17) is 4.74 Å². The molecule has 0 bridgehead atoms. The van der Waals surface area contributed by atoms with Crippen LogP contribution < -0.4 is 4.90 Å². The molecule has 1 aromatic carbocycles. The molecular formula is C17H17N5OS2. The first-order chi connectivity index (χ1) is 12.4. The lowest BCUT2D eigenvalue weighted by Crippen LogP contribution is -2.36. The third-order valence-electron chi connectivity index (χ3n) is 3.75. The number of hydrogen-bond donors (Lipinski definition) is 0. The van der Waals surface area contributed by atoms with Crippen LogP contribution in [-0.4, -0.2) is 46.5 Å². The Morgan fingerprint density at radius 2 is 1.92 bits per heavy atom. The van der Waals surface area contributed by atoms with Gasteiger partial charge in [-0.25, -0.2) is 9.97 Å². The van der Waals surface area contributed by atoms with Crippen LogP contribution in [0.2, 0.25) is 0 Å². The summed E-state index contributed by atoms with van der Waals surface area (Å²) in [6.45, 7) is 3.23. The molecule has 2 aromatic heterocycles. The van der Waals surface area contributed by atoms with Crippen molar-refractivity contribution in [1.29, 1.82) is 0 Å². The zero-order valence-electron chi connectivity index (χ0n) is 13.5. The Balaban J connectivity index is 1.44. The van der Waals surface area contributed by atoms with Gasteiger partial charge < -0.3 is 9.64 Å². The minimum Gasteiger partial charge on any atom is -0.378 e. The molecule has 1 saturated heterocycles. The van der Waals surface area contributed by atoms with Crippen molar-refractivity contribution in [3.63, 3.8) is 0 Å². The highest BCUT2D eigenvalue weighted by Gasteiger charge is 2.16. The SMILES string of the molecule is c1ccc(Cc2nccc(Sc3nnc(N4CCOCC4)s3)n2)cc1. The van der Waals surface area contributed by atoms with Crippen LogP contribution in [0.4, 0.5) is 5.13 Å². The summed E-state index contributed by atoms with van der Waals surface area (Å²) in [5.41, 5.74) is 1.20. The average Bonchev–Trinajstić information content (AvgIpc) is 3.12. The van der Waals surface area contributed by atoms with Gasteiger partial charge >= 0.3 is 0 Å². The van der Waals surface area contributed by atoms with Crippen molar-refractivity contribution >= 4 is 28.2 Å². The number of rotatable bonds is 5. The Bertz CT molecular complexity index is 821. The zero-order chi connectivity index (χ0) is 16.9. The molecule has 1 fully saturated rings. The second-order valence-electron chi connectivity index (χ2n) is 5.53. The number of ether oxygens (including phenoxy) is 1. The highest BCUT2D eigenvalue weighted by atomic mass is 32.2. The molecule has 0 N–H and O–H groups in total. The summed E-state index contributed by atoms with van der Waals surface area (Å²) in [5.74, 6) is 0.814. The molecule has 1 aliphatic heterocycles. The van der Waals surface area contributed by atoms with E-state index in [0.717, 1.165) is 53.0 Å². The van der Waals surface area contributed by atoms with Crippen molar-refractivity contribution in [3.05, 3.63) is 54.0 Å². The molecule has 4 rings (SSSR count). The van der Waals surface area contributed by atoms with Crippen LogP contribution in [0.15, 0.2) is 52.0 Å². The maximum absolute atomic E-state index is 5.38. The lowest BCUT2D eigenvalue weighted by atomic mass is 10.1. The van der Waals surface area contributed by atoms with Gasteiger partial charge in [-0.3, -0.25) is 0 Å². The summed E-state index contributed by atoms with van der Waals surface area (Å²) in [7, 11) is 0. The van der Waals surface area contributed by atoms with Crippen molar-refractivity contribution in [2.45, 2.75) is 15.8 Å². The van der Waals surface area contributed by atoms with Gasteiger partial charge in [0.1, 0.15) is 10.9 Å². The van der Waals surface area contributed by atoms with Gasteiger partial charge in [0.05, 0.1) is 13.2 Å². The molecule has 0 atom stereocenters. The summed E-state index contributed by atoms with van der Waals surface area (Å²) in [4.78, 5) is 11.2. The summed E-state index contributed by atoms with van der Waals surface area (Å²) in [6.07, 6.45) is 2.53. The topological polar surface area (TPSA) is 64.0 Å². The first kappa shape index (κ1) is 16.4. The van der Waals surface area contributed by atoms with E-state index in [9.17, 15) is 0 Å². The van der Waals surface area contributed by atoms with Crippen LogP contribution in [0.3, 0.4) is 0 Å². The van der Waals surface area contributed by atoms with Gasteiger partial charge in [-0.15, -0.1) is 10.2 Å². The molecule has 6 nitrogen and oxygen atoms in total. The summed E-state index contributed by atoms with van der Waals surface area (Å²) in [6, 6.07) is 12.2. The second-order valence-corrected chi connectivity index (χ2v) is 7.75. The van der Waals surface area contributed by atoms with Gasteiger partial charge in [0, 0.05) is 25.7 Å². The third-order valence-corrected chi connectivity index (χ3v) is 5.73. The highest BCUT2D eigenvalue weighted by Crippen LogP contribution is 2.32. The molecule has 1 aliphatic rings. The normalized spacial score (nSPS) is 14.6. The monoisotopic (exact) mass is 371 g/mol. The molecule has 0 unspecified atom stereocenters. The van der Waals surface area contributed by atoms with Crippen molar-refractivity contribution in [2.24, 2.45) is 0 Å². The van der Waals surface area contributed by atoms with Crippen molar-refractivity contribution in [3.8, 4) is 0 Å². The first-order valence-corrected chi connectivity index (χ1v) is 9.70. The van der Waals surface area contributed by atoms with E-state index in [-0.39, 0.29) is 0 Å². The minimum absolute atomic E-state index is 0.727. The molecule has 3 heterocycles. The van der Waals surface area contributed by atoms with Crippen LogP contribution in [0.25, 0.3) is 0 Å². The molecule has 0 radical (unpaired) electrons. The highest BCUT2D eigenvalue weighted by molar-refractivity contribution is 8.01. The van der Waals surface area contributed by atoms with Gasteiger partial charge in [-0.2, -0.15) is 0 Å². The van der Waals surface area contributed by atoms with Crippen molar-refractivity contribution in [1.82, 2.24) is 20.2 Å². The van der Waals surface area contributed by atoms with E-state index in [1.807, 2.05) is 24.3 Å². The molecule has 25 heavy (non-hydrogen) atoms. The van der Waals surface area contributed by atoms with E-state index in [2.05, 4.69) is 37.2 Å². The number of benzene rings is 1. The van der Waals surface area contributed by atoms with Crippen LogP contribution in [-0.2, 0) is 11.2 Å². The van der Waals surface area contributed by atoms with E-state index < -0.39 is 0 Å². The first-order valence-electron chi connectivity index (χ1n) is 8.07. The van der Waals surface area contributed by atoms with Gasteiger partial charge in [-0.1, -0.05) is 41.7 Å². The zero-order valence-corrected chi connectivity index (χ0v) is 15.2. The number of aromatic nitrogens is 4. The summed E-state index contributed by atoms with van der Waals surface area (Å²) in [5, 5.41) is 10.4. The van der Waals surface area contributed by atoms with E-state index in [1.54, 1.807) is 17.5 Å². The number of nitrogens with zero attached hydrogens (tertiary/aromatic N) is 5. The van der Waals surface area contributed by atoms with Gasteiger partial charge in [0.2, 0.25) is 5.13 Å². The third kappa shape index (κ3) is 4.33. The fourth-order valence-corrected chi connectivity index (χ4v) is 4.33. The fraction of sp³-hybridized carbons (Fsp3) is 0.294. The predicted octanol–water partition coefficient (Wildman–Crippen LogP) is 2.91. The van der Waals surface area contributed by atoms with Crippen LogP contribution in [0, 0.1) is 0 Å². The summed E-state index contributed by atoms with van der Waals surface area (Å²) >= 11 is 3.13. The average molecular weight is 371 g/mol. The lowest BCUT2D eigenvalue weighted by molar-refractivity contribution is 0.122. The predicted molar refractivity (Wildman–Crippen MR) is 98.3 cm³/mol. The quantitative estimate of drug-likeness (QED) is 0.639. The van der Waals surface area contributed by atoms with E-state index in [0.29, 0.717) is 0 Å². The Kier molecular flexibility index (Phi) is 5.19. The number of morpholine rings is 1. The second kappa shape index (κ2) is 7.90. The number of anilines is 1. The van der Waals surface area contributed by atoms with Crippen molar-refractivity contribution < 1.29 is 4.74 Å². The maximum atomic E-state index is 5.38. The molecular weight excluding hydrogens is 354 g/mol. The Morgan fingerprint density at radius 3 is 2.76 bits per heavy atom. The molecule has 0 spiro atoms. The smallest absolute Gasteiger partial charge is 0.209 e. The van der Waals surface area contributed by atoms with Crippen LogP contribution in [0.5, 0.6) is 0 Å². The molecule has 0 saturated carbocycles. The largest absolute Gasteiger partial charge is 0.378 e. The molecule has 0 amide bonds. The van der Waals surface area contributed by atoms with Gasteiger partial charge in [0.25, 0.3) is 0 Å². The van der Waals surface area contributed by atoms with Gasteiger partial charge in [-0.05, 0) is 23.4 Å². The minimum atomic E-state index is 0.727. The summed E-state index contributed by atoms with van der Waals surface area (Å²) < 4.78 is 6.27. The lowest BCUT2D eigenvalue weighted by Gasteiger charge is -2.25. The molecule has 0 aliphatic carbocycles. The molecule has 8 heteroatoms.